The largest absolute Gasteiger partial charge is 0.370 e. The Bertz CT molecular complexity index is 958. The monoisotopic (exact) mass is 416 g/mol. The van der Waals surface area contributed by atoms with Crippen LogP contribution in [0.2, 0.25) is 0 Å². The van der Waals surface area contributed by atoms with Crippen molar-refractivity contribution in [3.05, 3.63) is 35.4 Å². The summed E-state index contributed by atoms with van der Waals surface area (Å²) < 4.78 is 32.7. The molecule has 0 bridgehead atoms. The Morgan fingerprint density at radius 1 is 1.13 bits per heavy atom. The van der Waals surface area contributed by atoms with Gasteiger partial charge in [-0.15, -0.1) is 0 Å². The maximum atomic E-state index is 14.0. The van der Waals surface area contributed by atoms with Crippen LogP contribution >= 0.6 is 0 Å². The van der Waals surface area contributed by atoms with Gasteiger partial charge in [0.2, 0.25) is 0 Å². The molecule has 4 heterocycles. The number of nitrogens with zero attached hydrogens (tertiary/aromatic N) is 4. The molecular weight excluding hydrogens is 394 g/mol. The second-order valence-electron chi connectivity index (χ2n) is 8.41. The zero-order valence-electron chi connectivity index (χ0n) is 16.4. The zero-order chi connectivity index (χ0) is 20.8. The lowest BCUT2D eigenvalue weighted by atomic mass is 9.87. The number of hydrogen-bond acceptors (Lipinski definition) is 5. The molecule has 1 aromatic rings. The van der Waals surface area contributed by atoms with E-state index < -0.39 is 11.6 Å². The zero-order valence-corrected chi connectivity index (χ0v) is 16.4. The molecule has 0 saturated carbocycles. The molecule has 0 unspecified atom stereocenters. The third-order valence-corrected chi connectivity index (χ3v) is 6.40. The summed E-state index contributed by atoms with van der Waals surface area (Å²) >= 11 is 0. The highest BCUT2D eigenvalue weighted by Gasteiger charge is 2.41. The summed E-state index contributed by atoms with van der Waals surface area (Å²) in [6.45, 7) is 2.47. The van der Waals surface area contributed by atoms with Crippen molar-refractivity contribution >= 4 is 23.2 Å². The summed E-state index contributed by atoms with van der Waals surface area (Å²) in [4.78, 5) is 28.1. The third-order valence-electron chi connectivity index (χ3n) is 6.40. The fourth-order valence-corrected chi connectivity index (χ4v) is 4.66. The lowest BCUT2D eigenvalue weighted by molar-refractivity contribution is -0.140. The van der Waals surface area contributed by atoms with Gasteiger partial charge in [-0.2, -0.15) is 10.2 Å². The Hall–Kier alpha value is -2.68. The number of ketones is 1. The molecule has 0 aromatic heterocycles. The first-order chi connectivity index (χ1) is 14.5. The molecular formula is C21H22F2N4O3. The molecule has 4 aliphatic heterocycles. The molecule has 2 amide bonds. The maximum absolute atomic E-state index is 14.0. The number of rotatable bonds is 2. The van der Waals surface area contributed by atoms with Gasteiger partial charge in [0.25, 0.3) is 0 Å². The molecule has 1 aromatic carbocycles. The SMILES string of the molecule is O=C1CO[C@H]2CCN(C(=O)N3CC(C4=NN=C(c5ccc(F)cc5F)C4)C3)C[C@H]2C1. The first-order valence-corrected chi connectivity index (χ1v) is 10.2. The van der Waals surface area contributed by atoms with E-state index in [0.717, 1.165) is 18.2 Å². The second kappa shape index (κ2) is 7.54. The Kier molecular flexibility index (Phi) is 4.85. The van der Waals surface area contributed by atoms with Gasteiger partial charge in [-0.25, -0.2) is 13.6 Å². The lowest BCUT2D eigenvalue weighted by Crippen LogP contribution is -2.60. The smallest absolute Gasteiger partial charge is 0.320 e. The first kappa shape index (κ1) is 19.3. The van der Waals surface area contributed by atoms with E-state index in [1.165, 1.54) is 12.1 Å². The number of Topliss-reactive ketones (excluding diaryl/α,β-unsaturated/α-hetero) is 1. The standard InChI is InChI=1S/C21H22F2N4O3/c22-14-1-2-16(17(23)6-14)19-7-18(24-25-19)13-9-27(10-13)21(29)26-4-3-20-12(8-26)5-15(28)11-30-20/h1-2,6,12-13,20H,3-5,7-11H2/t12-,20+/m1/s1. The number of piperidine rings is 1. The summed E-state index contributed by atoms with van der Waals surface area (Å²) in [5, 5.41) is 8.26. The van der Waals surface area contributed by atoms with Crippen LogP contribution in [0.15, 0.2) is 28.4 Å². The first-order valence-electron chi connectivity index (χ1n) is 10.2. The third kappa shape index (κ3) is 3.51. The van der Waals surface area contributed by atoms with Gasteiger partial charge in [-0.05, 0) is 18.6 Å². The summed E-state index contributed by atoms with van der Waals surface area (Å²) in [5.74, 6) is -0.999. The molecule has 7 nitrogen and oxygen atoms in total. The van der Waals surface area contributed by atoms with Crippen LogP contribution in [0.25, 0.3) is 0 Å². The lowest BCUT2D eigenvalue weighted by Gasteiger charge is -2.46. The number of carbonyl (C=O) groups is 2. The predicted molar refractivity (Wildman–Crippen MR) is 104 cm³/mol. The van der Waals surface area contributed by atoms with Crippen molar-refractivity contribution in [2.24, 2.45) is 22.0 Å². The average molecular weight is 416 g/mol. The number of urea groups is 1. The number of amides is 2. The molecule has 5 rings (SSSR count). The van der Waals surface area contributed by atoms with E-state index in [1.807, 2.05) is 4.90 Å². The van der Waals surface area contributed by atoms with E-state index in [9.17, 15) is 18.4 Å². The van der Waals surface area contributed by atoms with E-state index in [0.29, 0.717) is 44.7 Å². The molecule has 30 heavy (non-hydrogen) atoms. The fourth-order valence-electron chi connectivity index (χ4n) is 4.66. The van der Waals surface area contributed by atoms with Gasteiger partial charge in [0.05, 0.1) is 17.5 Å². The van der Waals surface area contributed by atoms with Crippen LogP contribution in [-0.4, -0.2) is 71.9 Å². The van der Waals surface area contributed by atoms with Crippen LogP contribution in [0.4, 0.5) is 13.6 Å². The maximum Gasteiger partial charge on any atom is 0.320 e. The summed E-state index contributed by atoms with van der Waals surface area (Å²) in [6.07, 6.45) is 1.72. The van der Waals surface area contributed by atoms with Crippen LogP contribution in [0.3, 0.4) is 0 Å². The number of carbonyl (C=O) groups excluding carboxylic acids is 2. The average Bonchev–Trinajstić information content (AvgIpc) is 3.15. The van der Waals surface area contributed by atoms with Crippen LogP contribution in [0.5, 0.6) is 0 Å². The van der Waals surface area contributed by atoms with Gasteiger partial charge in [0, 0.05) is 62.5 Å². The van der Waals surface area contributed by atoms with E-state index in [4.69, 9.17) is 4.74 Å². The van der Waals surface area contributed by atoms with Crippen molar-refractivity contribution in [3.8, 4) is 0 Å². The Morgan fingerprint density at radius 3 is 2.77 bits per heavy atom. The van der Waals surface area contributed by atoms with Crippen molar-refractivity contribution in [2.45, 2.75) is 25.4 Å². The van der Waals surface area contributed by atoms with Crippen molar-refractivity contribution in [2.75, 3.05) is 32.8 Å². The van der Waals surface area contributed by atoms with Crippen molar-refractivity contribution < 1.29 is 23.1 Å². The fraction of sp³-hybridized carbons (Fsp3) is 0.524. The van der Waals surface area contributed by atoms with E-state index in [1.54, 1.807) is 4.90 Å². The molecule has 4 aliphatic rings. The minimum atomic E-state index is -0.649. The molecule has 158 valence electrons. The molecule has 0 radical (unpaired) electrons. The van der Waals surface area contributed by atoms with Gasteiger partial charge in [-0.3, -0.25) is 4.79 Å². The number of benzene rings is 1. The summed E-state index contributed by atoms with van der Waals surface area (Å²) in [5.41, 5.74) is 1.56. The van der Waals surface area contributed by atoms with Crippen LogP contribution in [0.1, 0.15) is 24.8 Å². The molecule has 0 spiro atoms. The van der Waals surface area contributed by atoms with Crippen LogP contribution < -0.4 is 0 Å². The van der Waals surface area contributed by atoms with Gasteiger partial charge >= 0.3 is 6.03 Å². The number of fused-ring (bicyclic) bond motifs is 1. The van der Waals surface area contributed by atoms with Gasteiger partial charge in [-0.1, -0.05) is 0 Å². The quantitative estimate of drug-likeness (QED) is 0.742. The summed E-state index contributed by atoms with van der Waals surface area (Å²) in [6, 6.07) is 3.40. The highest BCUT2D eigenvalue weighted by Crippen LogP contribution is 2.30. The number of hydrogen-bond donors (Lipinski definition) is 0. The minimum Gasteiger partial charge on any atom is -0.370 e. The van der Waals surface area contributed by atoms with Gasteiger partial charge < -0.3 is 14.5 Å². The molecule has 2 atom stereocenters. The molecule has 3 fully saturated rings. The Morgan fingerprint density at radius 2 is 1.97 bits per heavy atom. The summed E-state index contributed by atoms with van der Waals surface area (Å²) in [7, 11) is 0. The van der Waals surface area contributed by atoms with E-state index >= 15 is 0 Å². The second-order valence-corrected chi connectivity index (χ2v) is 8.41. The van der Waals surface area contributed by atoms with Crippen molar-refractivity contribution in [1.29, 1.82) is 0 Å². The Balaban J connectivity index is 1.14. The van der Waals surface area contributed by atoms with Crippen LogP contribution in [-0.2, 0) is 9.53 Å². The molecule has 9 heteroatoms. The topological polar surface area (TPSA) is 74.6 Å². The number of halogens is 2. The van der Waals surface area contributed by atoms with Crippen molar-refractivity contribution in [3.63, 3.8) is 0 Å². The normalized spacial score (nSPS) is 26.8. The number of likely N-dealkylation sites (tertiary alicyclic amines) is 2. The van der Waals surface area contributed by atoms with Crippen molar-refractivity contribution in [1.82, 2.24) is 9.80 Å². The van der Waals surface area contributed by atoms with Gasteiger partial charge in [0.15, 0.2) is 5.78 Å². The Labute approximate surface area is 172 Å². The van der Waals surface area contributed by atoms with E-state index in [-0.39, 0.29) is 41.9 Å². The molecule has 3 saturated heterocycles. The molecule has 0 aliphatic carbocycles. The minimum absolute atomic E-state index is 0.0213. The predicted octanol–water partition coefficient (Wildman–Crippen LogP) is 2.25. The highest BCUT2D eigenvalue weighted by atomic mass is 19.1. The van der Waals surface area contributed by atoms with E-state index in [2.05, 4.69) is 10.2 Å². The van der Waals surface area contributed by atoms with Gasteiger partial charge in [0.1, 0.15) is 18.2 Å². The molecule has 0 N–H and O–H groups in total. The number of ether oxygens (including phenoxy) is 1. The van der Waals surface area contributed by atoms with Crippen LogP contribution in [0, 0.1) is 23.5 Å². The highest BCUT2D eigenvalue weighted by molar-refractivity contribution is 6.16.